The van der Waals surface area contributed by atoms with Crippen molar-refractivity contribution in [2.45, 2.75) is 6.18 Å². The number of nitrogens with two attached hydrogens (primary N) is 1. The second-order valence-electron chi connectivity index (χ2n) is 4.49. The van der Waals surface area contributed by atoms with Crippen LogP contribution in [0.25, 0.3) is 0 Å². The lowest BCUT2D eigenvalue weighted by atomic mass is 10.2. The number of nitrogens with one attached hydrogen (secondary N) is 1. The third-order valence-corrected chi connectivity index (χ3v) is 4.22. The number of nitrogen functional groups attached to an aromatic ring is 1. The molecule has 2 heterocycles. The lowest BCUT2D eigenvalue weighted by Crippen LogP contribution is -2.03. The van der Waals surface area contributed by atoms with E-state index in [0.717, 1.165) is 0 Å². The van der Waals surface area contributed by atoms with E-state index in [9.17, 15) is 13.2 Å². The number of alkyl halides is 3. The van der Waals surface area contributed by atoms with Gasteiger partial charge in [-0.3, -0.25) is 5.43 Å². The van der Waals surface area contributed by atoms with Gasteiger partial charge in [-0.1, -0.05) is 28.6 Å². The van der Waals surface area contributed by atoms with Gasteiger partial charge in [0.1, 0.15) is 11.6 Å². The van der Waals surface area contributed by atoms with Crippen LogP contribution in [0.1, 0.15) is 10.6 Å². The highest BCUT2D eigenvalue weighted by Crippen LogP contribution is 2.35. The molecule has 7 nitrogen and oxygen atoms in total. The second-order valence-corrected chi connectivity index (χ2v) is 6.29. The Bertz CT molecular complexity index is 892. The topological polar surface area (TPSA) is 98.3 Å². The Morgan fingerprint density at radius 2 is 2.12 bits per heavy atom. The molecule has 0 fully saturated rings. The van der Waals surface area contributed by atoms with Crippen molar-refractivity contribution in [2.24, 2.45) is 5.10 Å². The van der Waals surface area contributed by atoms with Crippen LogP contribution in [0.3, 0.4) is 0 Å². The highest BCUT2D eigenvalue weighted by atomic mass is 32.1. The van der Waals surface area contributed by atoms with E-state index in [1.54, 1.807) is 29.6 Å². The molecule has 0 amide bonds. The van der Waals surface area contributed by atoms with Gasteiger partial charge in [-0.2, -0.15) is 18.3 Å². The standard InChI is InChI=1S/C13H9F3N6OS2/c14-13(15,16)10-20-22-12(25-10)23-8-3-1-2-7(4-8)5-18-21-11-19-9(17)6-24-11/h1-6H,17H2,(H,19,21). The molecule has 0 unspecified atom stereocenters. The number of halogens is 3. The van der Waals surface area contributed by atoms with Crippen LogP contribution in [0.4, 0.5) is 24.1 Å². The smallest absolute Gasteiger partial charge is 0.430 e. The zero-order chi connectivity index (χ0) is 17.9. The summed E-state index contributed by atoms with van der Waals surface area (Å²) in [4.78, 5) is 3.98. The summed E-state index contributed by atoms with van der Waals surface area (Å²) >= 11 is 1.63. The molecule has 12 heteroatoms. The van der Waals surface area contributed by atoms with Gasteiger partial charge >= 0.3 is 6.18 Å². The van der Waals surface area contributed by atoms with Crippen LogP contribution >= 0.6 is 22.7 Å². The quantitative estimate of drug-likeness (QED) is 0.511. The van der Waals surface area contributed by atoms with Crippen LogP contribution < -0.4 is 15.9 Å². The fourth-order valence-corrected chi connectivity index (χ4v) is 2.76. The molecule has 25 heavy (non-hydrogen) atoms. The molecule has 0 radical (unpaired) electrons. The molecular weight excluding hydrogens is 377 g/mol. The lowest BCUT2D eigenvalue weighted by Gasteiger charge is -2.02. The maximum Gasteiger partial charge on any atom is 0.445 e. The fraction of sp³-hybridized carbons (Fsp3) is 0.0769. The number of thiazole rings is 1. The molecule has 0 aliphatic rings. The summed E-state index contributed by atoms with van der Waals surface area (Å²) < 4.78 is 42.8. The normalized spacial score (nSPS) is 11.8. The molecule has 3 aromatic rings. The molecular formula is C13H9F3N6OS2. The Hall–Kier alpha value is -2.73. The maximum absolute atomic E-state index is 12.5. The van der Waals surface area contributed by atoms with Crippen LogP contribution in [0.15, 0.2) is 34.7 Å². The van der Waals surface area contributed by atoms with E-state index in [1.165, 1.54) is 17.6 Å². The summed E-state index contributed by atoms with van der Waals surface area (Å²) in [7, 11) is 0. The summed E-state index contributed by atoms with van der Waals surface area (Å²) in [5.74, 6) is 0.709. The van der Waals surface area contributed by atoms with E-state index in [4.69, 9.17) is 10.5 Å². The average molecular weight is 386 g/mol. The van der Waals surface area contributed by atoms with E-state index >= 15 is 0 Å². The predicted molar refractivity (Wildman–Crippen MR) is 89.2 cm³/mol. The summed E-state index contributed by atoms with van der Waals surface area (Å²) in [6.07, 6.45) is -3.04. The van der Waals surface area contributed by atoms with E-state index in [-0.39, 0.29) is 5.19 Å². The van der Waals surface area contributed by atoms with Gasteiger partial charge < -0.3 is 10.5 Å². The summed E-state index contributed by atoms with van der Waals surface area (Å²) in [6.45, 7) is 0. The van der Waals surface area contributed by atoms with E-state index < -0.39 is 11.2 Å². The Kier molecular flexibility index (Phi) is 4.81. The minimum atomic E-state index is -4.54. The third-order valence-electron chi connectivity index (χ3n) is 2.61. The minimum absolute atomic E-state index is 0.196. The van der Waals surface area contributed by atoms with Crippen LogP contribution in [0, 0.1) is 0 Å². The Morgan fingerprint density at radius 3 is 2.80 bits per heavy atom. The molecule has 0 saturated carbocycles. The fourth-order valence-electron chi connectivity index (χ4n) is 1.62. The van der Waals surface area contributed by atoms with Gasteiger partial charge in [0.25, 0.3) is 5.19 Å². The largest absolute Gasteiger partial charge is 0.445 e. The van der Waals surface area contributed by atoms with Crippen molar-refractivity contribution in [2.75, 3.05) is 11.2 Å². The van der Waals surface area contributed by atoms with E-state index in [1.807, 2.05) is 0 Å². The number of anilines is 2. The molecule has 0 bridgehead atoms. The molecule has 130 valence electrons. The van der Waals surface area contributed by atoms with Crippen molar-refractivity contribution in [1.29, 1.82) is 0 Å². The van der Waals surface area contributed by atoms with Crippen molar-refractivity contribution < 1.29 is 17.9 Å². The molecule has 0 saturated heterocycles. The third kappa shape index (κ3) is 4.64. The molecule has 3 N–H and O–H groups in total. The van der Waals surface area contributed by atoms with Crippen molar-refractivity contribution in [3.05, 3.63) is 40.2 Å². The minimum Gasteiger partial charge on any atom is -0.430 e. The Labute approximate surface area is 147 Å². The van der Waals surface area contributed by atoms with Gasteiger partial charge in [-0.15, -0.1) is 16.4 Å². The number of ether oxygens (including phenoxy) is 1. The van der Waals surface area contributed by atoms with Crippen LogP contribution in [0.2, 0.25) is 0 Å². The Balaban J connectivity index is 1.66. The number of hydrogen-bond donors (Lipinski definition) is 2. The summed E-state index contributed by atoms with van der Waals surface area (Å²) in [5.41, 5.74) is 8.87. The van der Waals surface area contributed by atoms with E-state index in [2.05, 4.69) is 25.7 Å². The van der Waals surface area contributed by atoms with Crippen molar-refractivity contribution in [3.63, 3.8) is 0 Å². The molecule has 3 rings (SSSR count). The number of nitrogens with zero attached hydrogens (tertiary/aromatic N) is 4. The molecule has 0 spiro atoms. The Morgan fingerprint density at radius 1 is 1.28 bits per heavy atom. The van der Waals surface area contributed by atoms with Gasteiger partial charge in [0.2, 0.25) is 10.1 Å². The van der Waals surface area contributed by atoms with Gasteiger partial charge in [0, 0.05) is 5.38 Å². The number of aromatic nitrogens is 3. The highest BCUT2D eigenvalue weighted by Gasteiger charge is 2.36. The molecule has 0 atom stereocenters. The maximum atomic E-state index is 12.5. The predicted octanol–water partition coefficient (Wildman–Crippen LogP) is 3.83. The highest BCUT2D eigenvalue weighted by molar-refractivity contribution is 7.14. The molecule has 2 aromatic heterocycles. The molecule has 1 aromatic carbocycles. The molecule has 0 aliphatic heterocycles. The number of rotatable bonds is 5. The lowest BCUT2D eigenvalue weighted by molar-refractivity contribution is -0.138. The van der Waals surface area contributed by atoms with Crippen molar-refractivity contribution >= 4 is 39.8 Å². The van der Waals surface area contributed by atoms with E-state index in [0.29, 0.717) is 33.6 Å². The zero-order valence-corrected chi connectivity index (χ0v) is 13.8. The first-order chi connectivity index (χ1) is 11.9. The zero-order valence-electron chi connectivity index (χ0n) is 12.2. The first-order valence-corrected chi connectivity index (χ1v) is 8.28. The monoisotopic (exact) mass is 386 g/mol. The summed E-state index contributed by atoms with van der Waals surface area (Å²) in [5, 5.41) is 11.4. The van der Waals surface area contributed by atoms with Gasteiger partial charge in [0.05, 0.1) is 6.21 Å². The molecule has 0 aliphatic carbocycles. The van der Waals surface area contributed by atoms with Gasteiger partial charge in [0.15, 0.2) is 0 Å². The summed E-state index contributed by atoms with van der Waals surface area (Å²) in [6, 6.07) is 6.59. The first kappa shape index (κ1) is 17.1. The van der Waals surface area contributed by atoms with Crippen molar-refractivity contribution in [3.8, 4) is 10.9 Å². The van der Waals surface area contributed by atoms with Crippen LogP contribution in [-0.2, 0) is 6.18 Å². The SMILES string of the molecule is Nc1csc(NN=Cc2cccc(Oc3nnc(C(F)(F)F)s3)c2)n1. The van der Waals surface area contributed by atoms with Crippen molar-refractivity contribution in [1.82, 2.24) is 15.2 Å². The van der Waals surface area contributed by atoms with Gasteiger partial charge in [-0.25, -0.2) is 4.98 Å². The second kappa shape index (κ2) is 7.03. The first-order valence-electron chi connectivity index (χ1n) is 6.59. The van der Waals surface area contributed by atoms with Gasteiger partial charge in [-0.05, 0) is 17.7 Å². The number of hydrogen-bond acceptors (Lipinski definition) is 9. The average Bonchev–Trinajstić information content (AvgIpc) is 3.17. The van der Waals surface area contributed by atoms with Crippen LogP contribution in [-0.4, -0.2) is 21.4 Å². The number of benzene rings is 1. The number of hydrazone groups is 1. The van der Waals surface area contributed by atoms with Crippen LogP contribution in [0.5, 0.6) is 10.9 Å².